The predicted molar refractivity (Wildman–Crippen MR) is 123 cm³/mol. The number of carbonyl (C=O) groups is 2. The van der Waals surface area contributed by atoms with E-state index in [0.29, 0.717) is 5.56 Å². The molecule has 1 unspecified atom stereocenters. The molecule has 188 valence electrons. The van der Waals surface area contributed by atoms with E-state index in [2.05, 4.69) is 4.74 Å². The molecule has 8 nitrogen and oxygen atoms in total. The van der Waals surface area contributed by atoms with Crippen LogP contribution in [0.15, 0.2) is 65.1 Å². The topological polar surface area (TPSA) is 115 Å². The third-order valence-corrected chi connectivity index (χ3v) is 5.86. The first-order chi connectivity index (χ1) is 16.9. The average molecular weight is 542 g/mol. The third kappa shape index (κ3) is 5.05. The monoisotopic (exact) mass is 541 g/mol. The lowest BCUT2D eigenvalue weighted by molar-refractivity contribution is -0.274. The molecular formula is C23H16Cl2F3N3O5. The molecule has 3 rings (SSSR count). The van der Waals surface area contributed by atoms with Crippen LogP contribution < -0.4 is 15.4 Å². The van der Waals surface area contributed by atoms with Crippen molar-refractivity contribution in [2.24, 2.45) is 5.73 Å². The first-order valence-electron chi connectivity index (χ1n) is 9.85. The molecular weight excluding hydrogens is 526 g/mol. The summed E-state index contributed by atoms with van der Waals surface area (Å²) in [5, 5.41) is 9.03. The van der Waals surface area contributed by atoms with Crippen LogP contribution in [0.25, 0.3) is 0 Å². The van der Waals surface area contributed by atoms with Crippen molar-refractivity contribution in [3.63, 3.8) is 0 Å². The Bertz CT molecular complexity index is 1320. The van der Waals surface area contributed by atoms with Crippen LogP contribution in [0.2, 0.25) is 10.0 Å². The van der Waals surface area contributed by atoms with Gasteiger partial charge in [0.15, 0.2) is 5.75 Å². The van der Waals surface area contributed by atoms with Crippen molar-refractivity contribution >= 4 is 40.8 Å². The fraction of sp³-hybridized carbons (Fsp3) is 0.174. The molecule has 1 atom stereocenters. The lowest BCUT2D eigenvalue weighted by Gasteiger charge is -2.36. The summed E-state index contributed by atoms with van der Waals surface area (Å²) < 4.78 is 52.6. The summed E-state index contributed by atoms with van der Waals surface area (Å²) in [4.78, 5) is 26.9. The highest BCUT2D eigenvalue weighted by atomic mass is 35.5. The van der Waals surface area contributed by atoms with Crippen LogP contribution in [0.4, 0.5) is 18.9 Å². The minimum Gasteiger partial charge on any atom is -0.466 e. The number of rotatable bonds is 5. The largest absolute Gasteiger partial charge is 0.573 e. The third-order valence-electron chi connectivity index (χ3n) is 5.07. The SMILES string of the molecule is COC(=O)C1=C(C(=O)OC)N(c2cc(Cl)c(Cl)c(OC(F)(F)F)c2)C(N)=C(C#N)C1c1ccccc1. The fourth-order valence-corrected chi connectivity index (χ4v) is 4.01. The van der Waals surface area contributed by atoms with E-state index in [0.717, 1.165) is 31.3 Å². The molecule has 0 saturated carbocycles. The van der Waals surface area contributed by atoms with Gasteiger partial charge in [0.1, 0.15) is 16.5 Å². The van der Waals surface area contributed by atoms with Crippen LogP contribution >= 0.6 is 23.2 Å². The van der Waals surface area contributed by atoms with E-state index in [-0.39, 0.29) is 22.7 Å². The normalized spacial score (nSPS) is 15.9. The highest BCUT2D eigenvalue weighted by Crippen LogP contribution is 2.46. The zero-order chi connectivity index (χ0) is 26.8. The average Bonchev–Trinajstić information content (AvgIpc) is 2.84. The predicted octanol–water partition coefficient (Wildman–Crippen LogP) is 4.79. The number of esters is 2. The van der Waals surface area contributed by atoms with Gasteiger partial charge in [-0.25, -0.2) is 9.59 Å². The molecule has 1 aliphatic heterocycles. The van der Waals surface area contributed by atoms with Crippen LogP contribution in [-0.4, -0.2) is 32.5 Å². The van der Waals surface area contributed by atoms with E-state index >= 15 is 0 Å². The Morgan fingerprint density at radius 3 is 2.22 bits per heavy atom. The van der Waals surface area contributed by atoms with Gasteiger partial charge in [-0.3, -0.25) is 4.90 Å². The summed E-state index contributed by atoms with van der Waals surface area (Å²) in [6.45, 7) is 0. The number of allylic oxidation sites excluding steroid dienone is 1. The molecule has 0 bridgehead atoms. The number of alkyl halides is 3. The van der Waals surface area contributed by atoms with Gasteiger partial charge in [-0.2, -0.15) is 5.26 Å². The second kappa shape index (κ2) is 10.4. The Labute approximate surface area is 212 Å². The smallest absolute Gasteiger partial charge is 0.466 e. The molecule has 0 aromatic heterocycles. The van der Waals surface area contributed by atoms with Crippen LogP contribution in [0.5, 0.6) is 5.75 Å². The van der Waals surface area contributed by atoms with E-state index in [1.807, 2.05) is 6.07 Å². The van der Waals surface area contributed by atoms with Gasteiger partial charge in [0.2, 0.25) is 0 Å². The Morgan fingerprint density at radius 1 is 1.08 bits per heavy atom. The van der Waals surface area contributed by atoms with Crippen molar-refractivity contribution < 1.29 is 37.0 Å². The molecule has 2 aromatic carbocycles. The van der Waals surface area contributed by atoms with Crippen LogP contribution in [0, 0.1) is 11.3 Å². The molecule has 2 aromatic rings. The number of nitrogens with two attached hydrogens (primary N) is 1. The number of halogens is 5. The summed E-state index contributed by atoms with van der Waals surface area (Å²) in [6.07, 6.45) is -5.14. The van der Waals surface area contributed by atoms with Crippen molar-refractivity contribution in [2.45, 2.75) is 12.3 Å². The second-order valence-electron chi connectivity index (χ2n) is 7.12. The number of ether oxygens (including phenoxy) is 3. The van der Waals surface area contributed by atoms with E-state index < -0.39 is 45.7 Å². The first kappa shape index (κ1) is 26.7. The number of benzene rings is 2. The zero-order valence-electron chi connectivity index (χ0n) is 18.5. The molecule has 36 heavy (non-hydrogen) atoms. The maximum Gasteiger partial charge on any atom is 0.573 e. The molecule has 1 heterocycles. The molecule has 0 saturated heterocycles. The van der Waals surface area contributed by atoms with Gasteiger partial charge in [0, 0.05) is 6.07 Å². The number of nitrogens with zero attached hydrogens (tertiary/aromatic N) is 2. The van der Waals surface area contributed by atoms with Gasteiger partial charge in [0.05, 0.1) is 48.1 Å². The Balaban J connectivity index is 2.42. The Kier molecular flexibility index (Phi) is 7.71. The fourth-order valence-electron chi connectivity index (χ4n) is 3.66. The molecule has 0 amide bonds. The van der Waals surface area contributed by atoms with Crippen molar-refractivity contribution in [2.75, 3.05) is 19.1 Å². The van der Waals surface area contributed by atoms with Crippen LogP contribution in [-0.2, 0) is 19.1 Å². The van der Waals surface area contributed by atoms with Gasteiger partial charge in [-0.05, 0) is 11.6 Å². The number of carbonyl (C=O) groups excluding carboxylic acids is 2. The summed E-state index contributed by atoms with van der Waals surface area (Å²) >= 11 is 11.9. The van der Waals surface area contributed by atoms with Gasteiger partial charge < -0.3 is 19.9 Å². The standard InChI is InChI=1S/C23H16Cl2F3N3O5/c1-34-21(32)17-16(11-6-4-3-5-7-11)13(10-29)20(30)31(19(17)22(33)35-2)12-8-14(24)18(25)15(9-12)36-23(26,27)28/h3-9,16H,30H2,1-2H3. The van der Waals surface area contributed by atoms with Crippen molar-refractivity contribution in [3.05, 3.63) is 80.7 Å². The van der Waals surface area contributed by atoms with E-state index in [4.69, 9.17) is 38.4 Å². The maximum atomic E-state index is 13.0. The van der Waals surface area contributed by atoms with Gasteiger partial charge in [-0.1, -0.05) is 53.5 Å². The van der Waals surface area contributed by atoms with Gasteiger partial charge in [0.25, 0.3) is 0 Å². The van der Waals surface area contributed by atoms with Gasteiger partial charge >= 0.3 is 18.3 Å². The summed E-state index contributed by atoms with van der Waals surface area (Å²) in [6, 6.07) is 11.9. The second-order valence-corrected chi connectivity index (χ2v) is 7.91. The van der Waals surface area contributed by atoms with E-state index in [1.54, 1.807) is 30.3 Å². The number of hydrogen-bond donors (Lipinski definition) is 1. The molecule has 0 aliphatic carbocycles. The number of methoxy groups -OCH3 is 2. The van der Waals surface area contributed by atoms with Gasteiger partial charge in [-0.15, -0.1) is 13.2 Å². The number of hydrogen-bond acceptors (Lipinski definition) is 8. The Hall–Kier alpha value is -3.88. The summed E-state index contributed by atoms with van der Waals surface area (Å²) in [5.74, 6) is -4.56. The quantitative estimate of drug-likeness (QED) is 0.537. The molecule has 2 N–H and O–H groups in total. The molecule has 13 heteroatoms. The molecule has 0 fully saturated rings. The maximum absolute atomic E-state index is 13.0. The summed E-state index contributed by atoms with van der Waals surface area (Å²) in [7, 11) is 2.07. The summed E-state index contributed by atoms with van der Waals surface area (Å²) in [5.41, 5.74) is 5.38. The Morgan fingerprint density at radius 2 is 1.69 bits per heavy atom. The molecule has 0 spiro atoms. The van der Waals surface area contributed by atoms with E-state index in [1.165, 1.54) is 0 Å². The van der Waals surface area contributed by atoms with Crippen LogP contribution in [0.3, 0.4) is 0 Å². The highest BCUT2D eigenvalue weighted by molar-refractivity contribution is 6.43. The number of nitriles is 1. The molecule has 1 aliphatic rings. The highest BCUT2D eigenvalue weighted by Gasteiger charge is 2.43. The minimum atomic E-state index is -5.14. The zero-order valence-corrected chi connectivity index (χ0v) is 20.0. The van der Waals surface area contributed by atoms with Crippen LogP contribution in [0.1, 0.15) is 11.5 Å². The van der Waals surface area contributed by atoms with Crippen molar-refractivity contribution in [1.29, 1.82) is 5.26 Å². The van der Waals surface area contributed by atoms with E-state index in [9.17, 15) is 28.0 Å². The lowest BCUT2D eigenvalue weighted by Crippen LogP contribution is -2.40. The molecule has 0 radical (unpaired) electrons. The van der Waals surface area contributed by atoms with Crippen molar-refractivity contribution in [3.8, 4) is 11.8 Å². The lowest BCUT2D eigenvalue weighted by atomic mass is 9.81. The number of anilines is 1. The van der Waals surface area contributed by atoms with Crippen molar-refractivity contribution in [1.82, 2.24) is 0 Å². The first-order valence-corrected chi connectivity index (χ1v) is 10.6. The minimum absolute atomic E-state index is 0.196.